The molecule has 1 amide bonds. The monoisotopic (exact) mass is 340 g/mol. The molecule has 6 nitrogen and oxygen atoms in total. The summed E-state index contributed by atoms with van der Waals surface area (Å²) < 4.78 is 32.6. The Labute approximate surface area is 139 Å². The molecule has 0 bridgehead atoms. The van der Waals surface area contributed by atoms with Gasteiger partial charge in [-0.15, -0.1) is 5.10 Å². The number of carbonyl (C=O) groups excluding carboxylic acids is 1. The molecule has 0 aliphatic carbocycles. The van der Waals surface area contributed by atoms with Gasteiger partial charge in [0.15, 0.2) is 5.69 Å². The molecule has 0 spiro atoms. The molecule has 0 radical (unpaired) electrons. The van der Waals surface area contributed by atoms with Gasteiger partial charge in [0.05, 0.1) is 13.2 Å². The van der Waals surface area contributed by atoms with Crippen molar-refractivity contribution < 1.29 is 18.3 Å². The van der Waals surface area contributed by atoms with Gasteiger partial charge in [0, 0.05) is 44.9 Å². The smallest absolute Gasteiger partial charge is 0.274 e. The molecule has 2 saturated heterocycles. The van der Waals surface area contributed by atoms with Crippen molar-refractivity contribution in [2.45, 2.75) is 37.3 Å². The Bertz CT molecular complexity index is 564. The first-order valence-corrected chi connectivity index (χ1v) is 8.19. The van der Waals surface area contributed by atoms with Crippen LogP contribution in [-0.4, -0.2) is 77.3 Å². The minimum Gasteiger partial charge on any atom is -0.383 e. The summed E-state index contributed by atoms with van der Waals surface area (Å²) in [4.78, 5) is 16.0. The van der Waals surface area contributed by atoms with E-state index in [4.69, 9.17) is 4.74 Å². The van der Waals surface area contributed by atoms with Crippen molar-refractivity contribution in [3.05, 3.63) is 24.0 Å². The number of alkyl halides is 2. The van der Waals surface area contributed by atoms with E-state index < -0.39 is 5.92 Å². The van der Waals surface area contributed by atoms with Crippen molar-refractivity contribution in [3.8, 4) is 0 Å². The number of halogens is 2. The summed E-state index contributed by atoms with van der Waals surface area (Å²) in [7, 11) is 1.54. The fourth-order valence-corrected chi connectivity index (χ4v) is 3.68. The van der Waals surface area contributed by atoms with E-state index in [1.165, 1.54) is 13.3 Å². The van der Waals surface area contributed by atoms with E-state index in [-0.39, 0.29) is 31.0 Å². The third-order valence-corrected chi connectivity index (χ3v) is 4.79. The van der Waals surface area contributed by atoms with Gasteiger partial charge in [-0.25, -0.2) is 8.78 Å². The Morgan fingerprint density at radius 3 is 2.79 bits per heavy atom. The lowest BCUT2D eigenvalue weighted by Gasteiger charge is -2.38. The van der Waals surface area contributed by atoms with Gasteiger partial charge in [-0.2, -0.15) is 5.10 Å². The van der Waals surface area contributed by atoms with Crippen molar-refractivity contribution in [2.75, 3.05) is 33.4 Å². The van der Waals surface area contributed by atoms with E-state index in [0.717, 1.165) is 0 Å². The van der Waals surface area contributed by atoms with Gasteiger partial charge in [0.2, 0.25) is 0 Å². The van der Waals surface area contributed by atoms with Crippen molar-refractivity contribution in [1.29, 1.82) is 0 Å². The summed E-state index contributed by atoms with van der Waals surface area (Å²) in [5.74, 6) is -2.81. The summed E-state index contributed by atoms with van der Waals surface area (Å²) in [6.07, 6.45) is 2.73. The molecule has 2 aliphatic rings. The molecule has 3 rings (SSSR count). The van der Waals surface area contributed by atoms with E-state index in [0.29, 0.717) is 38.2 Å². The summed E-state index contributed by atoms with van der Waals surface area (Å²) in [5, 5.41) is 7.56. The maximum atomic E-state index is 13.8. The van der Waals surface area contributed by atoms with Crippen molar-refractivity contribution in [3.63, 3.8) is 0 Å². The summed E-state index contributed by atoms with van der Waals surface area (Å²) in [6, 6.07) is 3.12. The van der Waals surface area contributed by atoms with Gasteiger partial charge in [0.25, 0.3) is 11.8 Å². The fourth-order valence-electron chi connectivity index (χ4n) is 3.68. The Morgan fingerprint density at radius 2 is 2.17 bits per heavy atom. The van der Waals surface area contributed by atoms with Crippen LogP contribution in [0.3, 0.4) is 0 Å². The maximum Gasteiger partial charge on any atom is 0.274 e. The lowest BCUT2D eigenvalue weighted by Crippen LogP contribution is -2.49. The molecule has 0 unspecified atom stereocenters. The number of methoxy groups -OCH3 is 1. The van der Waals surface area contributed by atoms with Crippen LogP contribution in [0.2, 0.25) is 0 Å². The molecule has 24 heavy (non-hydrogen) atoms. The highest BCUT2D eigenvalue weighted by Gasteiger charge is 2.47. The van der Waals surface area contributed by atoms with Crippen LogP contribution in [0.15, 0.2) is 18.3 Å². The highest BCUT2D eigenvalue weighted by Crippen LogP contribution is 2.35. The van der Waals surface area contributed by atoms with E-state index in [1.807, 2.05) is 4.90 Å². The molecule has 0 aromatic carbocycles. The number of carbonyl (C=O) groups is 1. The largest absolute Gasteiger partial charge is 0.383 e. The number of rotatable bonds is 4. The van der Waals surface area contributed by atoms with Gasteiger partial charge in [-0.05, 0) is 25.0 Å². The van der Waals surface area contributed by atoms with Crippen LogP contribution >= 0.6 is 0 Å². The van der Waals surface area contributed by atoms with Crippen molar-refractivity contribution in [2.24, 2.45) is 0 Å². The first-order valence-electron chi connectivity index (χ1n) is 8.19. The maximum absolute atomic E-state index is 13.8. The van der Waals surface area contributed by atoms with Crippen LogP contribution in [0, 0.1) is 0 Å². The highest BCUT2D eigenvalue weighted by atomic mass is 19.3. The number of likely N-dealkylation sites (tertiary alicyclic amines) is 2. The van der Waals surface area contributed by atoms with Gasteiger partial charge < -0.3 is 9.64 Å². The number of ether oxygens (including phenoxy) is 1. The number of aromatic nitrogens is 2. The predicted octanol–water partition coefficient (Wildman–Crippen LogP) is 1.44. The third-order valence-electron chi connectivity index (χ3n) is 4.79. The highest BCUT2D eigenvalue weighted by molar-refractivity contribution is 5.92. The van der Waals surface area contributed by atoms with E-state index >= 15 is 0 Å². The van der Waals surface area contributed by atoms with Crippen molar-refractivity contribution in [1.82, 2.24) is 20.0 Å². The molecule has 2 fully saturated rings. The normalized spacial score (nSPS) is 25.1. The zero-order valence-corrected chi connectivity index (χ0v) is 13.7. The van der Waals surface area contributed by atoms with Crippen LogP contribution in [0.1, 0.15) is 29.8 Å². The van der Waals surface area contributed by atoms with Crippen LogP contribution in [0.5, 0.6) is 0 Å². The molecule has 0 saturated carbocycles. The first-order chi connectivity index (χ1) is 11.5. The summed E-state index contributed by atoms with van der Waals surface area (Å²) >= 11 is 0. The molecule has 1 atom stereocenters. The van der Waals surface area contributed by atoms with Crippen LogP contribution in [-0.2, 0) is 4.74 Å². The van der Waals surface area contributed by atoms with Gasteiger partial charge in [0.1, 0.15) is 0 Å². The zero-order valence-electron chi connectivity index (χ0n) is 13.7. The second-order valence-electron chi connectivity index (χ2n) is 6.47. The molecule has 3 heterocycles. The number of piperidine rings is 1. The van der Waals surface area contributed by atoms with E-state index in [2.05, 4.69) is 10.2 Å². The standard InChI is InChI=1S/C16H22F2N4O2/c1-24-10-13-9-16(17,18)11-22(13)12-4-7-21(8-5-12)15(23)14-3-2-6-19-20-14/h2-3,6,12-13H,4-5,7-11H2,1H3/t13-/m0/s1. The average Bonchev–Trinajstić information content (AvgIpc) is 2.90. The molecular weight excluding hydrogens is 318 g/mol. The molecule has 2 aliphatic heterocycles. The Hall–Kier alpha value is -1.67. The predicted molar refractivity (Wildman–Crippen MR) is 82.9 cm³/mol. The molecule has 0 N–H and O–H groups in total. The molecule has 1 aromatic rings. The SMILES string of the molecule is COC[C@@H]1CC(F)(F)CN1C1CCN(C(=O)c2cccnn2)CC1. The topological polar surface area (TPSA) is 58.6 Å². The van der Waals surface area contributed by atoms with E-state index in [1.54, 1.807) is 17.0 Å². The quantitative estimate of drug-likeness (QED) is 0.830. The molecule has 132 valence electrons. The number of nitrogens with zero attached hydrogens (tertiary/aromatic N) is 4. The fraction of sp³-hybridized carbons (Fsp3) is 0.688. The second kappa shape index (κ2) is 7.06. The minimum absolute atomic E-state index is 0.0597. The van der Waals surface area contributed by atoms with Crippen molar-refractivity contribution >= 4 is 5.91 Å². The van der Waals surface area contributed by atoms with E-state index in [9.17, 15) is 13.6 Å². The van der Waals surface area contributed by atoms with Gasteiger partial charge >= 0.3 is 0 Å². The molecule has 1 aromatic heterocycles. The van der Waals surface area contributed by atoms with Crippen LogP contribution in [0.4, 0.5) is 8.78 Å². The Morgan fingerprint density at radius 1 is 1.42 bits per heavy atom. The minimum atomic E-state index is -2.66. The second-order valence-corrected chi connectivity index (χ2v) is 6.47. The number of amides is 1. The number of hydrogen-bond acceptors (Lipinski definition) is 5. The van der Waals surface area contributed by atoms with Gasteiger partial charge in [-0.3, -0.25) is 9.69 Å². The summed E-state index contributed by atoms with van der Waals surface area (Å²) in [6.45, 7) is 1.18. The Kier molecular flexibility index (Phi) is 5.05. The summed E-state index contributed by atoms with van der Waals surface area (Å²) in [5.41, 5.74) is 0.320. The number of hydrogen-bond donors (Lipinski definition) is 0. The lowest BCUT2D eigenvalue weighted by atomic mass is 10.0. The average molecular weight is 340 g/mol. The van der Waals surface area contributed by atoms with Crippen LogP contribution in [0.25, 0.3) is 0 Å². The first kappa shape index (κ1) is 17.2. The van der Waals surface area contributed by atoms with Crippen LogP contribution < -0.4 is 0 Å². The molecule has 8 heteroatoms. The lowest BCUT2D eigenvalue weighted by molar-refractivity contribution is 0.00282. The zero-order chi connectivity index (χ0) is 17.2. The van der Waals surface area contributed by atoms with Gasteiger partial charge in [-0.1, -0.05) is 0 Å². The Balaban J connectivity index is 1.59. The third kappa shape index (κ3) is 3.70. The molecular formula is C16H22F2N4O2.